The van der Waals surface area contributed by atoms with E-state index in [0.717, 1.165) is 36.0 Å². The van der Waals surface area contributed by atoms with Gasteiger partial charge in [0.15, 0.2) is 0 Å². The molecule has 0 amide bonds. The zero-order valence-electron chi connectivity index (χ0n) is 10.8. The van der Waals surface area contributed by atoms with Crippen molar-refractivity contribution in [3.05, 3.63) is 36.0 Å². The fourth-order valence-corrected chi connectivity index (χ4v) is 2.13. The Morgan fingerprint density at radius 3 is 2.83 bits per heavy atom. The van der Waals surface area contributed by atoms with Crippen molar-refractivity contribution in [2.45, 2.75) is 19.8 Å². The molecule has 0 aliphatic rings. The first-order valence-corrected chi connectivity index (χ1v) is 6.27. The molecule has 0 fully saturated rings. The van der Waals surface area contributed by atoms with Crippen molar-refractivity contribution < 1.29 is 0 Å². The van der Waals surface area contributed by atoms with Gasteiger partial charge in [0.2, 0.25) is 0 Å². The van der Waals surface area contributed by atoms with Crippen molar-refractivity contribution in [3.63, 3.8) is 0 Å². The lowest BCUT2D eigenvalue weighted by Gasteiger charge is -2.21. The van der Waals surface area contributed by atoms with Crippen LogP contribution in [0.4, 0.5) is 5.69 Å². The van der Waals surface area contributed by atoms with Crippen LogP contribution in [0.3, 0.4) is 0 Å². The van der Waals surface area contributed by atoms with E-state index in [4.69, 9.17) is 0 Å². The Labute approximate surface area is 108 Å². The molecule has 3 nitrogen and oxygen atoms in total. The molecule has 1 aromatic carbocycles. The zero-order chi connectivity index (χ0) is 13.0. The van der Waals surface area contributed by atoms with Crippen LogP contribution in [0.2, 0.25) is 0 Å². The van der Waals surface area contributed by atoms with Crippen LogP contribution in [-0.2, 0) is 0 Å². The topological polar surface area (TPSA) is 39.9 Å². The Hall–Kier alpha value is -2.08. The number of para-hydroxylation sites is 1. The van der Waals surface area contributed by atoms with Gasteiger partial charge in [0, 0.05) is 25.2 Å². The van der Waals surface area contributed by atoms with Gasteiger partial charge in [-0.25, -0.2) is 0 Å². The van der Waals surface area contributed by atoms with Gasteiger partial charge in [-0.05, 0) is 12.5 Å². The summed E-state index contributed by atoms with van der Waals surface area (Å²) in [5, 5.41) is 10.3. The molecule has 0 aliphatic carbocycles. The summed E-state index contributed by atoms with van der Waals surface area (Å²) in [6, 6.07) is 10.2. The molecule has 0 spiro atoms. The summed E-state index contributed by atoms with van der Waals surface area (Å²) in [5.74, 6) is 0. The maximum Gasteiger partial charge on any atom is 0.103 e. The van der Waals surface area contributed by atoms with Crippen molar-refractivity contribution in [2.75, 3.05) is 18.5 Å². The maximum absolute atomic E-state index is 9.24. The summed E-state index contributed by atoms with van der Waals surface area (Å²) in [7, 11) is 2.04. The van der Waals surface area contributed by atoms with E-state index in [1.54, 1.807) is 6.20 Å². The average molecular weight is 239 g/mol. The second-order valence-corrected chi connectivity index (χ2v) is 4.42. The number of fused-ring (bicyclic) bond motifs is 1. The first-order chi connectivity index (χ1) is 8.77. The van der Waals surface area contributed by atoms with Crippen LogP contribution in [0.15, 0.2) is 30.5 Å². The molecule has 0 unspecified atom stereocenters. The quantitative estimate of drug-likeness (QED) is 0.821. The van der Waals surface area contributed by atoms with Gasteiger partial charge < -0.3 is 4.90 Å². The molecule has 0 saturated heterocycles. The number of aromatic nitrogens is 1. The first kappa shape index (κ1) is 12.4. The van der Waals surface area contributed by atoms with Crippen LogP contribution in [0.25, 0.3) is 10.9 Å². The Morgan fingerprint density at radius 1 is 1.33 bits per heavy atom. The minimum absolute atomic E-state index is 0.646. The lowest BCUT2D eigenvalue weighted by Crippen LogP contribution is -2.20. The van der Waals surface area contributed by atoms with E-state index in [0.29, 0.717) is 5.56 Å². The fraction of sp³-hybridized carbons (Fsp3) is 0.333. The predicted molar refractivity (Wildman–Crippen MR) is 74.6 cm³/mol. The Kier molecular flexibility index (Phi) is 3.78. The molecule has 0 aliphatic heterocycles. The number of hydrogen-bond donors (Lipinski definition) is 0. The number of nitriles is 1. The van der Waals surface area contributed by atoms with E-state index in [-0.39, 0.29) is 0 Å². The Balaban J connectivity index is 2.54. The van der Waals surface area contributed by atoms with E-state index in [1.165, 1.54) is 0 Å². The van der Waals surface area contributed by atoms with Gasteiger partial charge in [-0.15, -0.1) is 0 Å². The molecule has 2 rings (SSSR count). The summed E-state index contributed by atoms with van der Waals surface area (Å²) < 4.78 is 0. The first-order valence-electron chi connectivity index (χ1n) is 6.27. The summed E-state index contributed by atoms with van der Waals surface area (Å²) in [6.07, 6.45) is 3.94. The fourth-order valence-electron chi connectivity index (χ4n) is 2.13. The third kappa shape index (κ3) is 2.28. The van der Waals surface area contributed by atoms with Gasteiger partial charge in [0.05, 0.1) is 16.8 Å². The van der Waals surface area contributed by atoms with E-state index < -0.39 is 0 Å². The maximum atomic E-state index is 9.24. The lowest BCUT2D eigenvalue weighted by molar-refractivity contribution is 0.767. The monoisotopic (exact) mass is 239 g/mol. The molecule has 0 saturated carbocycles. The molecule has 0 N–H and O–H groups in total. The summed E-state index contributed by atoms with van der Waals surface area (Å²) in [5.41, 5.74) is 2.58. The van der Waals surface area contributed by atoms with E-state index in [2.05, 4.69) is 22.9 Å². The van der Waals surface area contributed by atoms with Crippen molar-refractivity contribution >= 4 is 16.6 Å². The molecular formula is C15H17N3. The molecule has 18 heavy (non-hydrogen) atoms. The summed E-state index contributed by atoms with van der Waals surface area (Å²) in [6.45, 7) is 3.13. The molecular weight excluding hydrogens is 222 g/mol. The Bertz CT molecular complexity index is 584. The normalized spacial score (nSPS) is 10.3. The summed E-state index contributed by atoms with van der Waals surface area (Å²) >= 11 is 0. The number of unbranched alkanes of at least 4 members (excludes halogenated alkanes) is 1. The van der Waals surface area contributed by atoms with E-state index in [9.17, 15) is 5.26 Å². The summed E-state index contributed by atoms with van der Waals surface area (Å²) in [4.78, 5) is 6.48. The third-order valence-corrected chi connectivity index (χ3v) is 3.10. The predicted octanol–water partition coefficient (Wildman–Crippen LogP) is 3.34. The van der Waals surface area contributed by atoms with Crippen LogP contribution >= 0.6 is 0 Å². The van der Waals surface area contributed by atoms with Crippen molar-refractivity contribution in [2.24, 2.45) is 0 Å². The number of hydrogen-bond acceptors (Lipinski definition) is 3. The van der Waals surface area contributed by atoms with Gasteiger partial charge in [-0.1, -0.05) is 31.5 Å². The van der Waals surface area contributed by atoms with Crippen molar-refractivity contribution in [1.82, 2.24) is 4.98 Å². The van der Waals surface area contributed by atoms with Gasteiger partial charge in [-0.3, -0.25) is 4.98 Å². The van der Waals surface area contributed by atoms with Crippen LogP contribution in [-0.4, -0.2) is 18.6 Å². The van der Waals surface area contributed by atoms with Crippen LogP contribution < -0.4 is 4.90 Å². The van der Waals surface area contributed by atoms with Gasteiger partial charge in [0.1, 0.15) is 6.07 Å². The molecule has 0 radical (unpaired) electrons. The highest BCUT2D eigenvalue weighted by Crippen LogP contribution is 2.28. The smallest absolute Gasteiger partial charge is 0.103 e. The average Bonchev–Trinajstić information content (AvgIpc) is 2.43. The zero-order valence-corrected chi connectivity index (χ0v) is 10.8. The van der Waals surface area contributed by atoms with Crippen LogP contribution in [0.1, 0.15) is 25.3 Å². The van der Waals surface area contributed by atoms with Gasteiger partial charge >= 0.3 is 0 Å². The second-order valence-electron chi connectivity index (χ2n) is 4.42. The van der Waals surface area contributed by atoms with Gasteiger partial charge in [-0.2, -0.15) is 5.26 Å². The number of rotatable bonds is 4. The van der Waals surface area contributed by atoms with Gasteiger partial charge in [0.25, 0.3) is 0 Å². The van der Waals surface area contributed by atoms with E-state index >= 15 is 0 Å². The number of pyridine rings is 1. The lowest BCUT2D eigenvalue weighted by atomic mass is 10.1. The van der Waals surface area contributed by atoms with Crippen LogP contribution in [0.5, 0.6) is 0 Å². The molecule has 2 aromatic rings. The highest BCUT2D eigenvalue weighted by atomic mass is 15.1. The second kappa shape index (κ2) is 5.50. The number of nitrogens with zero attached hydrogens (tertiary/aromatic N) is 3. The number of anilines is 1. The van der Waals surface area contributed by atoms with E-state index in [1.807, 2.05) is 31.3 Å². The van der Waals surface area contributed by atoms with Crippen LogP contribution in [0, 0.1) is 11.3 Å². The third-order valence-electron chi connectivity index (χ3n) is 3.10. The molecule has 0 atom stereocenters. The number of benzene rings is 1. The van der Waals surface area contributed by atoms with Crippen molar-refractivity contribution in [1.29, 1.82) is 5.26 Å². The minimum atomic E-state index is 0.646. The molecule has 3 heteroatoms. The highest BCUT2D eigenvalue weighted by molar-refractivity contribution is 5.94. The molecule has 92 valence electrons. The highest BCUT2D eigenvalue weighted by Gasteiger charge is 2.12. The SMILES string of the molecule is CCCCN(C)c1c(C#N)cnc2ccccc12. The molecule has 0 bridgehead atoms. The molecule has 1 aromatic heterocycles. The standard InChI is InChI=1S/C15H17N3/c1-3-4-9-18(2)15-12(10-16)11-17-14-8-6-5-7-13(14)15/h5-8,11H,3-4,9H2,1-2H3. The minimum Gasteiger partial charge on any atom is -0.373 e. The largest absolute Gasteiger partial charge is 0.373 e. The van der Waals surface area contributed by atoms with Crippen molar-refractivity contribution in [3.8, 4) is 6.07 Å². The Morgan fingerprint density at radius 2 is 2.11 bits per heavy atom. The molecule has 1 heterocycles.